The van der Waals surface area contributed by atoms with Crippen LogP contribution < -0.4 is 0 Å². The van der Waals surface area contributed by atoms with Crippen molar-refractivity contribution in [1.82, 2.24) is 15.0 Å². The van der Waals surface area contributed by atoms with Crippen LogP contribution in [-0.2, 0) is 0 Å². The Morgan fingerprint density at radius 2 is 0.904 bits per heavy atom. The van der Waals surface area contributed by atoms with E-state index in [0.29, 0.717) is 17.5 Å². The normalized spacial score (nSPS) is 11.8. The summed E-state index contributed by atoms with van der Waals surface area (Å²) in [6.45, 7) is 0. The van der Waals surface area contributed by atoms with Gasteiger partial charge in [0.25, 0.3) is 0 Å². The van der Waals surface area contributed by atoms with E-state index in [1.807, 2.05) is 54.6 Å². The predicted molar refractivity (Wildman–Crippen MR) is 211 cm³/mol. The number of hydrogen-bond donors (Lipinski definition) is 0. The van der Waals surface area contributed by atoms with Gasteiger partial charge in [-0.05, 0) is 69.1 Å². The summed E-state index contributed by atoms with van der Waals surface area (Å²) in [5.74, 6) is 1.77. The summed E-state index contributed by atoms with van der Waals surface area (Å²) in [7, 11) is 0. The molecule has 5 heteroatoms. The number of benzene rings is 8. The van der Waals surface area contributed by atoms with Crippen LogP contribution in [0, 0.1) is 0 Å². The summed E-state index contributed by atoms with van der Waals surface area (Å²) in [4.78, 5) is 15.9. The van der Waals surface area contributed by atoms with Crippen molar-refractivity contribution in [1.29, 1.82) is 0 Å². The van der Waals surface area contributed by atoms with Crippen LogP contribution in [0.3, 0.4) is 0 Å². The molecule has 11 rings (SSSR count). The van der Waals surface area contributed by atoms with Crippen LogP contribution in [0.15, 0.2) is 173 Å². The van der Waals surface area contributed by atoms with E-state index in [0.717, 1.165) is 87.9 Å². The maximum Gasteiger partial charge on any atom is 0.165 e. The third-order valence-corrected chi connectivity index (χ3v) is 10.1. The third kappa shape index (κ3) is 4.33. The van der Waals surface area contributed by atoms with Gasteiger partial charge in [-0.2, -0.15) is 0 Å². The van der Waals surface area contributed by atoms with Gasteiger partial charge in [-0.1, -0.05) is 127 Å². The maximum absolute atomic E-state index is 6.49. The Morgan fingerprint density at radius 3 is 1.69 bits per heavy atom. The fraction of sp³-hybridized carbons (Fsp3) is 0. The topological polar surface area (TPSA) is 65.0 Å². The van der Waals surface area contributed by atoms with Crippen molar-refractivity contribution in [2.75, 3.05) is 0 Å². The van der Waals surface area contributed by atoms with Crippen LogP contribution in [0.25, 0.3) is 111 Å². The van der Waals surface area contributed by atoms with Gasteiger partial charge in [-0.25, -0.2) is 15.0 Å². The van der Waals surface area contributed by atoms with Gasteiger partial charge >= 0.3 is 0 Å². The summed E-state index contributed by atoms with van der Waals surface area (Å²) in [5, 5.41) is 8.61. The predicted octanol–water partition coefficient (Wildman–Crippen LogP) is 12.6. The summed E-state index contributed by atoms with van der Waals surface area (Å²) in [5.41, 5.74) is 7.99. The molecule has 0 aliphatic rings. The van der Waals surface area contributed by atoms with E-state index in [1.165, 1.54) is 5.39 Å². The first-order chi connectivity index (χ1) is 25.8. The summed E-state index contributed by atoms with van der Waals surface area (Å²) in [6, 6.07) is 56.2. The molecule has 242 valence electrons. The molecule has 0 spiro atoms. The Labute approximate surface area is 297 Å². The van der Waals surface area contributed by atoms with E-state index in [9.17, 15) is 0 Å². The number of fused-ring (bicyclic) bond motifs is 9. The van der Waals surface area contributed by atoms with Gasteiger partial charge in [-0.3, -0.25) is 0 Å². The minimum atomic E-state index is 0.568. The second-order valence-electron chi connectivity index (χ2n) is 13.1. The van der Waals surface area contributed by atoms with Crippen molar-refractivity contribution in [3.05, 3.63) is 164 Å². The number of rotatable bonds is 4. The molecule has 11 aromatic rings. The lowest BCUT2D eigenvalue weighted by molar-refractivity contribution is 0.669. The van der Waals surface area contributed by atoms with E-state index in [-0.39, 0.29) is 0 Å². The van der Waals surface area contributed by atoms with Crippen LogP contribution in [0.2, 0.25) is 0 Å². The zero-order valence-corrected chi connectivity index (χ0v) is 27.7. The van der Waals surface area contributed by atoms with Crippen molar-refractivity contribution in [2.24, 2.45) is 0 Å². The average molecular weight is 666 g/mol. The first-order valence-electron chi connectivity index (χ1n) is 17.4. The Kier molecular flexibility index (Phi) is 6.18. The highest BCUT2D eigenvalue weighted by molar-refractivity contribution is 6.19. The highest BCUT2D eigenvalue weighted by Crippen LogP contribution is 2.46. The van der Waals surface area contributed by atoms with Crippen LogP contribution in [0.1, 0.15) is 0 Å². The molecular weight excluding hydrogens is 639 g/mol. The highest BCUT2D eigenvalue weighted by Gasteiger charge is 2.24. The standard InChI is InChI=1S/C47H27N3O2/c1-2-13-28(14-3-1)45-48-46(37-27-29-15-4-5-16-30(29)31-17-6-7-18-32(31)37)50-47(49-45)44-34(25-26-41-43(44)36-20-9-11-23-39(36)52-41)33-21-12-24-40-42(33)35-19-8-10-22-38(35)51-40/h1-27H. The first-order valence-corrected chi connectivity index (χ1v) is 17.4. The van der Waals surface area contributed by atoms with Gasteiger partial charge in [0.05, 0.1) is 0 Å². The molecule has 0 bridgehead atoms. The molecular formula is C47H27N3O2. The molecule has 0 atom stereocenters. The van der Waals surface area contributed by atoms with E-state index in [2.05, 4.69) is 109 Å². The smallest absolute Gasteiger partial charge is 0.165 e. The first kappa shape index (κ1) is 28.7. The summed E-state index contributed by atoms with van der Waals surface area (Å²) < 4.78 is 12.9. The van der Waals surface area contributed by atoms with Gasteiger partial charge in [0.1, 0.15) is 22.3 Å². The molecule has 0 unspecified atom stereocenters. The second kappa shape index (κ2) is 11.2. The molecule has 0 saturated carbocycles. The lowest BCUT2D eigenvalue weighted by Crippen LogP contribution is -2.02. The van der Waals surface area contributed by atoms with E-state index in [4.69, 9.17) is 23.8 Å². The number of para-hydroxylation sites is 2. The van der Waals surface area contributed by atoms with Crippen molar-refractivity contribution in [3.8, 4) is 45.3 Å². The van der Waals surface area contributed by atoms with Crippen molar-refractivity contribution >= 4 is 65.4 Å². The van der Waals surface area contributed by atoms with Gasteiger partial charge in [0.2, 0.25) is 0 Å². The van der Waals surface area contributed by atoms with Gasteiger partial charge in [0.15, 0.2) is 17.5 Å². The zero-order chi connectivity index (χ0) is 34.2. The van der Waals surface area contributed by atoms with E-state index >= 15 is 0 Å². The molecule has 5 nitrogen and oxygen atoms in total. The quantitative estimate of drug-likeness (QED) is 0.175. The van der Waals surface area contributed by atoms with Crippen molar-refractivity contribution in [2.45, 2.75) is 0 Å². The molecule has 52 heavy (non-hydrogen) atoms. The highest BCUT2D eigenvalue weighted by atomic mass is 16.3. The molecule has 0 fully saturated rings. The Hall–Kier alpha value is -7.11. The Bertz CT molecular complexity index is 3190. The van der Waals surface area contributed by atoms with E-state index < -0.39 is 0 Å². The molecule has 0 radical (unpaired) electrons. The SMILES string of the molecule is c1ccc(-c2nc(-c3cc4ccccc4c4ccccc34)nc(-c3c(-c4cccc5oc6ccccc6c45)ccc4oc5ccccc5c34)n2)cc1. The van der Waals surface area contributed by atoms with Crippen LogP contribution in [-0.4, -0.2) is 15.0 Å². The molecule has 0 aliphatic carbocycles. The lowest BCUT2D eigenvalue weighted by atomic mass is 9.92. The molecule has 0 saturated heterocycles. The second-order valence-corrected chi connectivity index (χ2v) is 13.1. The molecule has 8 aromatic carbocycles. The molecule has 3 heterocycles. The number of furan rings is 2. The van der Waals surface area contributed by atoms with Crippen LogP contribution >= 0.6 is 0 Å². The fourth-order valence-electron chi connectivity index (χ4n) is 7.84. The number of hydrogen-bond acceptors (Lipinski definition) is 5. The Balaban J connectivity index is 1.29. The van der Waals surface area contributed by atoms with Gasteiger partial charge in [0, 0.05) is 38.2 Å². The van der Waals surface area contributed by atoms with Crippen molar-refractivity contribution < 1.29 is 8.83 Å². The fourth-order valence-corrected chi connectivity index (χ4v) is 7.84. The largest absolute Gasteiger partial charge is 0.456 e. The minimum Gasteiger partial charge on any atom is -0.456 e. The zero-order valence-electron chi connectivity index (χ0n) is 27.7. The molecule has 0 amide bonds. The third-order valence-electron chi connectivity index (χ3n) is 10.1. The minimum absolute atomic E-state index is 0.568. The average Bonchev–Trinajstić information content (AvgIpc) is 3.79. The number of nitrogens with zero attached hydrogens (tertiary/aromatic N) is 3. The van der Waals surface area contributed by atoms with Crippen LogP contribution in [0.5, 0.6) is 0 Å². The van der Waals surface area contributed by atoms with Gasteiger partial charge in [-0.15, -0.1) is 0 Å². The molecule has 3 aromatic heterocycles. The Morgan fingerprint density at radius 1 is 0.327 bits per heavy atom. The molecule has 0 N–H and O–H groups in total. The molecule has 0 aliphatic heterocycles. The van der Waals surface area contributed by atoms with Gasteiger partial charge < -0.3 is 8.83 Å². The van der Waals surface area contributed by atoms with Crippen molar-refractivity contribution in [3.63, 3.8) is 0 Å². The maximum atomic E-state index is 6.49. The summed E-state index contributed by atoms with van der Waals surface area (Å²) >= 11 is 0. The van der Waals surface area contributed by atoms with E-state index in [1.54, 1.807) is 0 Å². The lowest BCUT2D eigenvalue weighted by Gasteiger charge is -2.15. The monoisotopic (exact) mass is 665 g/mol. The van der Waals surface area contributed by atoms with Crippen LogP contribution in [0.4, 0.5) is 0 Å². The number of aromatic nitrogens is 3. The summed E-state index contributed by atoms with van der Waals surface area (Å²) in [6.07, 6.45) is 0.